The highest BCUT2D eigenvalue weighted by Gasteiger charge is 2.23. The number of aromatic nitrogens is 1. The molecular weight excluding hydrogens is 244 g/mol. The van der Waals surface area contributed by atoms with Crippen molar-refractivity contribution in [1.29, 1.82) is 0 Å². The summed E-state index contributed by atoms with van der Waals surface area (Å²) in [5, 5.41) is 1.20. The predicted octanol–water partition coefficient (Wildman–Crippen LogP) is 3.93. The average Bonchev–Trinajstić information content (AvgIpc) is 2.48. The van der Waals surface area contributed by atoms with Crippen LogP contribution in [0.2, 0.25) is 0 Å². The Morgan fingerprint density at radius 3 is 2.65 bits per heavy atom. The molecule has 0 amide bonds. The van der Waals surface area contributed by atoms with E-state index in [4.69, 9.17) is 10.7 Å². The number of benzene rings is 1. The SMILES string of the molecule is CC1CCC(C(N)Cc2ccc3ccccc3n2)CC1. The molecule has 2 nitrogen and oxygen atoms in total. The summed E-state index contributed by atoms with van der Waals surface area (Å²) in [6.07, 6.45) is 6.16. The van der Waals surface area contributed by atoms with Crippen LogP contribution in [-0.2, 0) is 6.42 Å². The number of pyridine rings is 1. The minimum atomic E-state index is 0.260. The summed E-state index contributed by atoms with van der Waals surface area (Å²) < 4.78 is 0. The topological polar surface area (TPSA) is 38.9 Å². The summed E-state index contributed by atoms with van der Waals surface area (Å²) in [6, 6.07) is 12.8. The van der Waals surface area contributed by atoms with Gasteiger partial charge in [0.2, 0.25) is 0 Å². The monoisotopic (exact) mass is 268 g/mol. The lowest BCUT2D eigenvalue weighted by atomic mass is 9.78. The molecule has 1 fully saturated rings. The predicted molar refractivity (Wildman–Crippen MR) is 84.5 cm³/mol. The average molecular weight is 268 g/mol. The van der Waals surface area contributed by atoms with Gasteiger partial charge in [0.15, 0.2) is 0 Å². The first-order valence-corrected chi connectivity index (χ1v) is 7.82. The van der Waals surface area contributed by atoms with Crippen LogP contribution in [0.3, 0.4) is 0 Å². The van der Waals surface area contributed by atoms with Gasteiger partial charge in [-0.15, -0.1) is 0 Å². The largest absolute Gasteiger partial charge is 0.327 e. The molecule has 0 bridgehead atoms. The van der Waals surface area contributed by atoms with Gasteiger partial charge in [-0.05, 0) is 36.8 Å². The van der Waals surface area contributed by atoms with Crippen LogP contribution in [0.5, 0.6) is 0 Å². The van der Waals surface area contributed by atoms with Gasteiger partial charge in [0.05, 0.1) is 5.52 Å². The zero-order valence-electron chi connectivity index (χ0n) is 12.3. The first-order chi connectivity index (χ1) is 9.72. The molecule has 1 aliphatic rings. The van der Waals surface area contributed by atoms with Crippen LogP contribution >= 0.6 is 0 Å². The third kappa shape index (κ3) is 3.01. The second-order valence-electron chi connectivity index (χ2n) is 6.38. The second-order valence-corrected chi connectivity index (χ2v) is 6.38. The van der Waals surface area contributed by atoms with Crippen LogP contribution in [0.15, 0.2) is 36.4 Å². The minimum absolute atomic E-state index is 0.260. The Bertz CT molecular complexity index is 570. The number of nitrogens with zero attached hydrogens (tertiary/aromatic N) is 1. The lowest BCUT2D eigenvalue weighted by Gasteiger charge is -2.30. The quantitative estimate of drug-likeness (QED) is 0.916. The first-order valence-electron chi connectivity index (χ1n) is 7.82. The van der Waals surface area contributed by atoms with E-state index in [0.717, 1.165) is 23.5 Å². The van der Waals surface area contributed by atoms with Crippen molar-refractivity contribution in [2.24, 2.45) is 17.6 Å². The zero-order valence-corrected chi connectivity index (χ0v) is 12.3. The van der Waals surface area contributed by atoms with Gasteiger partial charge in [0.1, 0.15) is 0 Å². The Morgan fingerprint density at radius 2 is 1.85 bits per heavy atom. The van der Waals surface area contributed by atoms with E-state index in [-0.39, 0.29) is 6.04 Å². The highest BCUT2D eigenvalue weighted by molar-refractivity contribution is 5.78. The van der Waals surface area contributed by atoms with E-state index in [2.05, 4.69) is 37.3 Å². The molecule has 1 aromatic heterocycles. The Hall–Kier alpha value is -1.41. The third-order valence-corrected chi connectivity index (χ3v) is 4.77. The lowest BCUT2D eigenvalue weighted by Crippen LogP contribution is -2.34. The van der Waals surface area contributed by atoms with Crippen LogP contribution in [0.4, 0.5) is 0 Å². The molecule has 2 N–H and O–H groups in total. The second kappa shape index (κ2) is 5.92. The molecule has 0 radical (unpaired) electrons. The van der Waals surface area contributed by atoms with Crippen molar-refractivity contribution < 1.29 is 0 Å². The zero-order chi connectivity index (χ0) is 13.9. The number of fused-ring (bicyclic) bond motifs is 1. The van der Waals surface area contributed by atoms with Crippen molar-refractivity contribution in [2.45, 2.75) is 45.1 Å². The fourth-order valence-electron chi connectivity index (χ4n) is 3.34. The molecule has 1 heterocycles. The summed E-state index contributed by atoms with van der Waals surface area (Å²) in [5.41, 5.74) is 8.64. The normalized spacial score (nSPS) is 24.7. The highest BCUT2D eigenvalue weighted by atomic mass is 14.7. The first kappa shape index (κ1) is 13.6. The van der Waals surface area contributed by atoms with Crippen molar-refractivity contribution in [1.82, 2.24) is 4.98 Å². The molecule has 1 saturated carbocycles. The summed E-state index contributed by atoms with van der Waals surface area (Å²) in [4.78, 5) is 4.74. The molecule has 20 heavy (non-hydrogen) atoms. The van der Waals surface area contributed by atoms with E-state index in [9.17, 15) is 0 Å². The molecule has 106 valence electrons. The van der Waals surface area contributed by atoms with Crippen LogP contribution in [0.1, 0.15) is 38.3 Å². The van der Waals surface area contributed by atoms with E-state index in [0.29, 0.717) is 5.92 Å². The summed E-state index contributed by atoms with van der Waals surface area (Å²) in [7, 11) is 0. The van der Waals surface area contributed by atoms with Crippen LogP contribution in [-0.4, -0.2) is 11.0 Å². The maximum Gasteiger partial charge on any atom is 0.0705 e. The Balaban J connectivity index is 1.69. The fourth-order valence-corrected chi connectivity index (χ4v) is 3.34. The highest BCUT2D eigenvalue weighted by Crippen LogP contribution is 2.30. The Morgan fingerprint density at radius 1 is 1.10 bits per heavy atom. The number of nitrogens with two attached hydrogens (primary N) is 1. The van der Waals surface area contributed by atoms with Gasteiger partial charge in [-0.3, -0.25) is 4.98 Å². The summed E-state index contributed by atoms with van der Waals surface area (Å²) in [6.45, 7) is 2.35. The van der Waals surface area contributed by atoms with Gasteiger partial charge < -0.3 is 5.73 Å². The Labute approximate surface area is 121 Å². The van der Waals surface area contributed by atoms with Gasteiger partial charge >= 0.3 is 0 Å². The molecular formula is C18H24N2. The molecule has 0 spiro atoms. The van der Waals surface area contributed by atoms with Gasteiger partial charge in [0, 0.05) is 23.5 Å². The van der Waals surface area contributed by atoms with E-state index in [1.54, 1.807) is 0 Å². The van der Waals surface area contributed by atoms with Crippen LogP contribution in [0.25, 0.3) is 10.9 Å². The molecule has 1 atom stereocenters. The molecule has 2 heteroatoms. The molecule has 3 rings (SSSR count). The summed E-state index contributed by atoms with van der Waals surface area (Å²) >= 11 is 0. The summed E-state index contributed by atoms with van der Waals surface area (Å²) in [5.74, 6) is 1.57. The van der Waals surface area contributed by atoms with Gasteiger partial charge in [-0.2, -0.15) is 0 Å². The minimum Gasteiger partial charge on any atom is -0.327 e. The Kier molecular flexibility index (Phi) is 4.02. The lowest BCUT2D eigenvalue weighted by molar-refractivity contribution is 0.253. The molecule has 0 saturated heterocycles. The van der Waals surface area contributed by atoms with Gasteiger partial charge in [0.25, 0.3) is 0 Å². The smallest absolute Gasteiger partial charge is 0.0705 e. The van der Waals surface area contributed by atoms with E-state index >= 15 is 0 Å². The molecule has 0 aliphatic heterocycles. The van der Waals surface area contributed by atoms with Crippen molar-refractivity contribution in [3.63, 3.8) is 0 Å². The maximum absolute atomic E-state index is 6.43. The maximum atomic E-state index is 6.43. The van der Waals surface area contributed by atoms with Gasteiger partial charge in [-0.1, -0.05) is 44.0 Å². The van der Waals surface area contributed by atoms with Crippen molar-refractivity contribution in [3.8, 4) is 0 Å². The van der Waals surface area contributed by atoms with Crippen LogP contribution in [0, 0.1) is 11.8 Å². The third-order valence-electron chi connectivity index (χ3n) is 4.77. The molecule has 2 aromatic rings. The molecule has 1 unspecified atom stereocenters. The number of rotatable bonds is 3. The number of hydrogen-bond acceptors (Lipinski definition) is 2. The van der Waals surface area contributed by atoms with Gasteiger partial charge in [-0.25, -0.2) is 0 Å². The van der Waals surface area contributed by atoms with Crippen molar-refractivity contribution >= 4 is 10.9 Å². The fraction of sp³-hybridized carbons (Fsp3) is 0.500. The van der Waals surface area contributed by atoms with E-state index in [1.807, 2.05) is 6.07 Å². The standard InChI is InChI=1S/C18H24N2/c1-13-6-8-14(9-7-13)17(19)12-16-11-10-15-4-2-3-5-18(15)20-16/h2-5,10-11,13-14,17H,6-9,12,19H2,1H3. The number of para-hydroxylation sites is 1. The van der Waals surface area contributed by atoms with Crippen molar-refractivity contribution in [3.05, 3.63) is 42.1 Å². The van der Waals surface area contributed by atoms with E-state index in [1.165, 1.54) is 31.1 Å². The van der Waals surface area contributed by atoms with Crippen molar-refractivity contribution in [2.75, 3.05) is 0 Å². The molecule has 1 aliphatic carbocycles. The van der Waals surface area contributed by atoms with E-state index < -0.39 is 0 Å². The number of hydrogen-bond donors (Lipinski definition) is 1. The van der Waals surface area contributed by atoms with Crippen LogP contribution < -0.4 is 5.73 Å². The molecule has 1 aromatic carbocycles.